The molecule has 2 N–H and O–H groups in total. The summed E-state index contributed by atoms with van der Waals surface area (Å²) in [6, 6.07) is 11.2. The molecule has 0 fully saturated rings. The molecule has 7 nitrogen and oxygen atoms in total. The molecule has 0 atom stereocenters. The first-order chi connectivity index (χ1) is 13.7. The monoisotopic (exact) mass is 378 g/mol. The van der Waals surface area contributed by atoms with E-state index in [2.05, 4.69) is 20.6 Å². The molecule has 0 radical (unpaired) electrons. The zero-order valence-corrected chi connectivity index (χ0v) is 15.8. The van der Waals surface area contributed by atoms with Crippen LogP contribution in [0.4, 0.5) is 5.69 Å². The van der Waals surface area contributed by atoms with Crippen LogP contribution in [-0.2, 0) is 13.1 Å². The molecule has 3 rings (SSSR count). The number of carbonyl (C=O) groups is 1. The Kier molecular flexibility index (Phi) is 6.41. The van der Waals surface area contributed by atoms with E-state index in [1.807, 2.05) is 30.3 Å². The third kappa shape index (κ3) is 4.97. The van der Waals surface area contributed by atoms with Crippen molar-refractivity contribution in [1.82, 2.24) is 15.3 Å². The second-order valence-corrected chi connectivity index (χ2v) is 6.05. The Morgan fingerprint density at radius 2 is 1.79 bits per heavy atom. The number of ether oxygens (including phenoxy) is 2. The van der Waals surface area contributed by atoms with E-state index in [4.69, 9.17) is 9.47 Å². The summed E-state index contributed by atoms with van der Waals surface area (Å²) in [5.74, 6) is 1.07. The molecule has 1 amide bonds. The van der Waals surface area contributed by atoms with Gasteiger partial charge in [0, 0.05) is 37.9 Å². The highest BCUT2D eigenvalue weighted by Crippen LogP contribution is 2.27. The fraction of sp³-hybridized carbons (Fsp3) is 0.190. The van der Waals surface area contributed by atoms with Crippen molar-refractivity contribution in [2.75, 3.05) is 19.5 Å². The van der Waals surface area contributed by atoms with Crippen LogP contribution in [0.25, 0.3) is 0 Å². The molecule has 0 aliphatic rings. The van der Waals surface area contributed by atoms with E-state index < -0.39 is 0 Å². The highest BCUT2D eigenvalue weighted by Gasteiger charge is 2.09. The number of hydrogen-bond donors (Lipinski definition) is 2. The molecule has 2 aromatic heterocycles. The lowest BCUT2D eigenvalue weighted by Gasteiger charge is -2.11. The van der Waals surface area contributed by atoms with Gasteiger partial charge in [0.25, 0.3) is 5.91 Å². The molecular formula is C21H22N4O3. The van der Waals surface area contributed by atoms with Crippen LogP contribution in [0.3, 0.4) is 0 Å². The first-order valence-electron chi connectivity index (χ1n) is 8.76. The maximum atomic E-state index is 12.5. The predicted octanol–water partition coefficient (Wildman–Crippen LogP) is 3.04. The second-order valence-electron chi connectivity index (χ2n) is 6.05. The van der Waals surface area contributed by atoms with Gasteiger partial charge in [0.15, 0.2) is 11.5 Å². The Bertz CT molecular complexity index is 932. The molecule has 0 spiro atoms. The zero-order valence-electron chi connectivity index (χ0n) is 15.8. The first kappa shape index (κ1) is 19.2. The number of carbonyl (C=O) groups excluding carboxylic acids is 1. The molecule has 28 heavy (non-hydrogen) atoms. The third-order valence-corrected chi connectivity index (χ3v) is 4.12. The number of methoxy groups -OCH3 is 2. The number of rotatable bonds is 8. The maximum Gasteiger partial charge on any atom is 0.253 e. The minimum atomic E-state index is -0.202. The van der Waals surface area contributed by atoms with Crippen molar-refractivity contribution < 1.29 is 14.3 Å². The highest BCUT2D eigenvalue weighted by molar-refractivity contribution is 5.94. The summed E-state index contributed by atoms with van der Waals surface area (Å²) in [4.78, 5) is 20.7. The number of anilines is 1. The number of pyridine rings is 2. The molecule has 0 bridgehead atoms. The van der Waals surface area contributed by atoms with E-state index in [0.717, 1.165) is 16.8 Å². The summed E-state index contributed by atoms with van der Waals surface area (Å²) >= 11 is 0. The SMILES string of the molecule is COc1ccc(CNC(=O)c2cncc(NCc3cccnc3)c2)cc1OC. The minimum Gasteiger partial charge on any atom is -0.493 e. The van der Waals surface area contributed by atoms with Gasteiger partial charge < -0.3 is 20.1 Å². The van der Waals surface area contributed by atoms with Crippen LogP contribution in [0.2, 0.25) is 0 Å². The van der Waals surface area contributed by atoms with Crippen LogP contribution in [-0.4, -0.2) is 30.1 Å². The lowest BCUT2D eigenvalue weighted by atomic mass is 10.2. The molecule has 0 saturated carbocycles. The quantitative estimate of drug-likeness (QED) is 0.627. The second kappa shape index (κ2) is 9.36. The van der Waals surface area contributed by atoms with E-state index in [0.29, 0.717) is 30.2 Å². The third-order valence-electron chi connectivity index (χ3n) is 4.12. The summed E-state index contributed by atoms with van der Waals surface area (Å²) in [5.41, 5.74) is 3.20. The predicted molar refractivity (Wildman–Crippen MR) is 107 cm³/mol. The van der Waals surface area contributed by atoms with Crippen molar-refractivity contribution in [3.8, 4) is 11.5 Å². The molecule has 0 unspecified atom stereocenters. The van der Waals surface area contributed by atoms with Crippen LogP contribution in [0.5, 0.6) is 11.5 Å². The summed E-state index contributed by atoms with van der Waals surface area (Å²) in [6.07, 6.45) is 6.75. The number of amides is 1. The average molecular weight is 378 g/mol. The fourth-order valence-corrected chi connectivity index (χ4v) is 2.64. The number of benzene rings is 1. The minimum absolute atomic E-state index is 0.202. The van der Waals surface area contributed by atoms with Gasteiger partial charge in [-0.2, -0.15) is 0 Å². The molecule has 144 valence electrons. The number of aromatic nitrogens is 2. The molecule has 7 heteroatoms. The van der Waals surface area contributed by atoms with Gasteiger partial charge in [-0.15, -0.1) is 0 Å². The van der Waals surface area contributed by atoms with Crippen LogP contribution in [0.15, 0.2) is 61.2 Å². The van der Waals surface area contributed by atoms with Crippen LogP contribution >= 0.6 is 0 Å². The Morgan fingerprint density at radius 1 is 0.929 bits per heavy atom. The molecule has 1 aromatic carbocycles. The largest absolute Gasteiger partial charge is 0.493 e. The van der Waals surface area contributed by atoms with Crippen molar-refractivity contribution in [2.24, 2.45) is 0 Å². The zero-order chi connectivity index (χ0) is 19.8. The first-order valence-corrected chi connectivity index (χ1v) is 8.76. The number of nitrogens with zero attached hydrogens (tertiary/aromatic N) is 2. The average Bonchev–Trinajstić information content (AvgIpc) is 2.76. The van der Waals surface area contributed by atoms with E-state index in [1.54, 1.807) is 45.1 Å². The van der Waals surface area contributed by atoms with Crippen molar-refractivity contribution >= 4 is 11.6 Å². The smallest absolute Gasteiger partial charge is 0.253 e. The molecular weight excluding hydrogens is 356 g/mol. The Balaban J connectivity index is 1.60. The topological polar surface area (TPSA) is 85.4 Å². The number of nitrogens with one attached hydrogen (secondary N) is 2. The van der Waals surface area contributed by atoms with Gasteiger partial charge in [-0.1, -0.05) is 12.1 Å². The fourth-order valence-electron chi connectivity index (χ4n) is 2.64. The van der Waals surface area contributed by atoms with E-state index in [1.165, 1.54) is 0 Å². The number of hydrogen-bond acceptors (Lipinski definition) is 6. The highest BCUT2D eigenvalue weighted by atomic mass is 16.5. The lowest BCUT2D eigenvalue weighted by Crippen LogP contribution is -2.23. The maximum absolute atomic E-state index is 12.5. The van der Waals surface area contributed by atoms with Crippen LogP contribution in [0.1, 0.15) is 21.5 Å². The van der Waals surface area contributed by atoms with Gasteiger partial charge in [-0.05, 0) is 35.4 Å². The Hall–Kier alpha value is -3.61. The van der Waals surface area contributed by atoms with Gasteiger partial charge in [-0.25, -0.2) is 0 Å². The van der Waals surface area contributed by atoms with Crippen molar-refractivity contribution in [1.29, 1.82) is 0 Å². The normalized spacial score (nSPS) is 10.2. The lowest BCUT2D eigenvalue weighted by molar-refractivity contribution is 0.0950. The van der Waals surface area contributed by atoms with Crippen molar-refractivity contribution in [3.63, 3.8) is 0 Å². The summed E-state index contributed by atoms with van der Waals surface area (Å²) in [5, 5.41) is 6.14. The summed E-state index contributed by atoms with van der Waals surface area (Å²) < 4.78 is 10.5. The van der Waals surface area contributed by atoms with E-state index >= 15 is 0 Å². The van der Waals surface area contributed by atoms with Crippen LogP contribution in [0, 0.1) is 0 Å². The Morgan fingerprint density at radius 3 is 2.54 bits per heavy atom. The molecule has 3 aromatic rings. The van der Waals surface area contributed by atoms with Crippen LogP contribution < -0.4 is 20.1 Å². The molecule has 0 aliphatic heterocycles. The van der Waals surface area contributed by atoms with Crippen molar-refractivity contribution in [3.05, 3.63) is 77.9 Å². The van der Waals surface area contributed by atoms with Gasteiger partial charge in [-0.3, -0.25) is 14.8 Å². The summed E-state index contributed by atoms with van der Waals surface area (Å²) in [7, 11) is 3.16. The molecule has 0 aliphatic carbocycles. The molecule has 2 heterocycles. The van der Waals surface area contributed by atoms with Gasteiger partial charge in [0.05, 0.1) is 25.5 Å². The summed E-state index contributed by atoms with van der Waals surface area (Å²) in [6.45, 7) is 0.971. The van der Waals surface area contributed by atoms with Crippen molar-refractivity contribution in [2.45, 2.75) is 13.1 Å². The van der Waals surface area contributed by atoms with Gasteiger partial charge in [0.1, 0.15) is 0 Å². The van der Waals surface area contributed by atoms with Gasteiger partial charge >= 0.3 is 0 Å². The molecule has 0 saturated heterocycles. The van der Waals surface area contributed by atoms with Gasteiger partial charge in [0.2, 0.25) is 0 Å². The van der Waals surface area contributed by atoms with E-state index in [9.17, 15) is 4.79 Å². The standard InChI is InChI=1S/C21H22N4O3/c1-27-19-6-5-15(8-20(19)28-2)11-25-21(26)17-9-18(14-23-13-17)24-12-16-4-3-7-22-10-16/h3-10,13-14,24H,11-12H2,1-2H3,(H,25,26). The van der Waals surface area contributed by atoms with E-state index in [-0.39, 0.29) is 5.91 Å². The Labute approximate surface area is 163 Å².